The van der Waals surface area contributed by atoms with Crippen molar-refractivity contribution in [2.24, 2.45) is 11.7 Å². The van der Waals surface area contributed by atoms with Gasteiger partial charge in [-0.2, -0.15) is 0 Å². The van der Waals surface area contributed by atoms with Gasteiger partial charge in [0.1, 0.15) is 0 Å². The van der Waals surface area contributed by atoms with Crippen LogP contribution in [0.3, 0.4) is 0 Å². The molecule has 0 saturated carbocycles. The smallest absolute Gasteiger partial charge is 0.238 e. The Bertz CT molecular complexity index is 466. The summed E-state index contributed by atoms with van der Waals surface area (Å²) in [5, 5.41) is 3.03. The normalized spacial score (nSPS) is 23.6. The van der Waals surface area contributed by atoms with E-state index >= 15 is 0 Å². The summed E-state index contributed by atoms with van der Waals surface area (Å²) in [7, 11) is 0. The number of nitrogens with one attached hydrogen (secondary N) is 1. The van der Waals surface area contributed by atoms with Crippen LogP contribution in [0.1, 0.15) is 24.5 Å². The molecule has 4 heteroatoms. The first kappa shape index (κ1) is 15.0. The van der Waals surface area contributed by atoms with Gasteiger partial charge >= 0.3 is 0 Å². The summed E-state index contributed by atoms with van der Waals surface area (Å²) < 4.78 is 0. The Labute approximate surface area is 121 Å². The van der Waals surface area contributed by atoms with E-state index < -0.39 is 0 Å². The van der Waals surface area contributed by atoms with Gasteiger partial charge in [0.05, 0.1) is 6.54 Å². The Morgan fingerprint density at radius 2 is 2.05 bits per heavy atom. The van der Waals surface area contributed by atoms with Crippen LogP contribution in [0, 0.1) is 19.8 Å². The fourth-order valence-corrected chi connectivity index (χ4v) is 2.71. The standard InChI is InChI=1S/C16H25N3O/c1-11-7-8-19(9-14(11)17)10-15(20)18-16-12(2)5-4-6-13(16)3/h4-6,11,14H,7-10,17H2,1-3H3,(H,18,20). The number of nitrogens with two attached hydrogens (primary N) is 1. The van der Waals surface area contributed by atoms with Crippen LogP contribution in [0.2, 0.25) is 0 Å². The van der Waals surface area contributed by atoms with E-state index in [0.717, 1.165) is 36.3 Å². The number of rotatable bonds is 3. The maximum atomic E-state index is 12.2. The molecular weight excluding hydrogens is 250 g/mol. The summed E-state index contributed by atoms with van der Waals surface area (Å²) in [6, 6.07) is 6.21. The number of benzene rings is 1. The van der Waals surface area contributed by atoms with Gasteiger partial charge < -0.3 is 11.1 Å². The zero-order chi connectivity index (χ0) is 14.7. The van der Waals surface area contributed by atoms with E-state index in [2.05, 4.69) is 17.1 Å². The molecule has 1 amide bonds. The van der Waals surface area contributed by atoms with Gasteiger partial charge in [0.2, 0.25) is 5.91 Å². The number of anilines is 1. The lowest BCUT2D eigenvalue weighted by Crippen LogP contribution is -2.49. The van der Waals surface area contributed by atoms with E-state index in [1.54, 1.807) is 0 Å². The maximum absolute atomic E-state index is 12.2. The van der Waals surface area contributed by atoms with Crippen molar-refractivity contribution in [3.8, 4) is 0 Å². The molecule has 2 atom stereocenters. The predicted molar refractivity (Wildman–Crippen MR) is 82.7 cm³/mol. The molecular formula is C16H25N3O. The lowest BCUT2D eigenvalue weighted by atomic mass is 9.94. The van der Waals surface area contributed by atoms with Gasteiger partial charge in [-0.15, -0.1) is 0 Å². The number of likely N-dealkylation sites (tertiary alicyclic amines) is 1. The topological polar surface area (TPSA) is 58.4 Å². The van der Waals surface area contributed by atoms with Crippen molar-refractivity contribution in [1.82, 2.24) is 4.90 Å². The van der Waals surface area contributed by atoms with Crippen LogP contribution in [0.25, 0.3) is 0 Å². The van der Waals surface area contributed by atoms with Gasteiger partial charge in [-0.1, -0.05) is 25.1 Å². The highest BCUT2D eigenvalue weighted by Gasteiger charge is 2.24. The monoisotopic (exact) mass is 275 g/mol. The Hall–Kier alpha value is -1.39. The van der Waals surface area contributed by atoms with Gasteiger partial charge in [-0.3, -0.25) is 9.69 Å². The second kappa shape index (κ2) is 6.37. The minimum atomic E-state index is 0.0455. The average molecular weight is 275 g/mol. The number of para-hydroxylation sites is 1. The number of hydrogen-bond acceptors (Lipinski definition) is 3. The summed E-state index contributed by atoms with van der Waals surface area (Å²) >= 11 is 0. The zero-order valence-corrected chi connectivity index (χ0v) is 12.6. The largest absolute Gasteiger partial charge is 0.326 e. The van der Waals surface area contributed by atoms with E-state index in [1.807, 2.05) is 32.0 Å². The molecule has 1 aliphatic heterocycles. The van der Waals surface area contributed by atoms with E-state index in [-0.39, 0.29) is 11.9 Å². The van der Waals surface area contributed by atoms with E-state index in [1.165, 1.54) is 0 Å². The number of aryl methyl sites for hydroxylation is 2. The third-order valence-corrected chi connectivity index (χ3v) is 4.21. The van der Waals surface area contributed by atoms with Crippen molar-refractivity contribution in [1.29, 1.82) is 0 Å². The van der Waals surface area contributed by atoms with Crippen molar-refractivity contribution in [2.45, 2.75) is 33.2 Å². The summed E-state index contributed by atoms with van der Waals surface area (Å²) in [5.74, 6) is 0.595. The van der Waals surface area contributed by atoms with Gasteiger partial charge in [0.15, 0.2) is 0 Å². The lowest BCUT2D eigenvalue weighted by molar-refractivity contribution is -0.117. The van der Waals surface area contributed by atoms with Crippen molar-refractivity contribution in [2.75, 3.05) is 25.0 Å². The number of piperidine rings is 1. The Kier molecular flexibility index (Phi) is 4.78. The number of carbonyl (C=O) groups excluding carboxylic acids is 1. The first-order chi connectivity index (χ1) is 9.47. The van der Waals surface area contributed by atoms with Crippen LogP contribution < -0.4 is 11.1 Å². The van der Waals surface area contributed by atoms with Crippen molar-refractivity contribution in [3.05, 3.63) is 29.3 Å². The number of nitrogens with zero attached hydrogens (tertiary/aromatic N) is 1. The molecule has 0 aromatic heterocycles. The quantitative estimate of drug-likeness (QED) is 0.886. The first-order valence-electron chi connectivity index (χ1n) is 7.31. The molecule has 2 rings (SSSR count). The minimum absolute atomic E-state index is 0.0455. The molecule has 1 saturated heterocycles. The summed E-state index contributed by atoms with van der Waals surface area (Å²) in [6.07, 6.45) is 1.07. The van der Waals surface area contributed by atoms with Crippen molar-refractivity contribution in [3.63, 3.8) is 0 Å². The van der Waals surface area contributed by atoms with E-state index in [9.17, 15) is 4.79 Å². The molecule has 1 fully saturated rings. The molecule has 0 radical (unpaired) electrons. The zero-order valence-electron chi connectivity index (χ0n) is 12.6. The second-order valence-electron chi connectivity index (χ2n) is 5.98. The molecule has 1 aromatic rings. The summed E-state index contributed by atoms with van der Waals surface area (Å²) in [4.78, 5) is 14.3. The van der Waals surface area contributed by atoms with Crippen LogP contribution >= 0.6 is 0 Å². The third-order valence-electron chi connectivity index (χ3n) is 4.21. The molecule has 110 valence electrons. The Balaban J connectivity index is 1.93. The lowest BCUT2D eigenvalue weighted by Gasteiger charge is -2.34. The number of amides is 1. The molecule has 1 heterocycles. The van der Waals surface area contributed by atoms with Gasteiger partial charge in [0.25, 0.3) is 0 Å². The van der Waals surface area contributed by atoms with Crippen LogP contribution in [0.5, 0.6) is 0 Å². The Morgan fingerprint density at radius 1 is 1.40 bits per heavy atom. The summed E-state index contributed by atoms with van der Waals surface area (Å²) in [5.41, 5.74) is 9.21. The third kappa shape index (κ3) is 3.58. The molecule has 3 N–H and O–H groups in total. The SMILES string of the molecule is Cc1cccc(C)c1NC(=O)CN1CCC(C)C(N)C1. The van der Waals surface area contributed by atoms with Crippen LogP contribution in [0.4, 0.5) is 5.69 Å². The number of hydrogen-bond donors (Lipinski definition) is 2. The highest BCUT2D eigenvalue weighted by molar-refractivity contribution is 5.93. The van der Waals surface area contributed by atoms with E-state index in [4.69, 9.17) is 5.73 Å². The van der Waals surface area contributed by atoms with Crippen molar-refractivity contribution >= 4 is 11.6 Å². The second-order valence-corrected chi connectivity index (χ2v) is 5.98. The number of carbonyl (C=O) groups is 1. The van der Waals surface area contributed by atoms with Crippen LogP contribution in [-0.4, -0.2) is 36.5 Å². The molecule has 4 nitrogen and oxygen atoms in total. The molecule has 0 aliphatic carbocycles. The average Bonchev–Trinajstić information content (AvgIpc) is 2.38. The maximum Gasteiger partial charge on any atom is 0.238 e. The van der Waals surface area contributed by atoms with Crippen LogP contribution in [0.15, 0.2) is 18.2 Å². The van der Waals surface area contributed by atoms with Gasteiger partial charge in [-0.05, 0) is 43.9 Å². The highest BCUT2D eigenvalue weighted by atomic mass is 16.2. The Morgan fingerprint density at radius 3 is 2.65 bits per heavy atom. The van der Waals surface area contributed by atoms with E-state index in [0.29, 0.717) is 12.5 Å². The predicted octanol–water partition coefficient (Wildman–Crippen LogP) is 1.91. The first-order valence-corrected chi connectivity index (χ1v) is 7.31. The molecule has 20 heavy (non-hydrogen) atoms. The van der Waals surface area contributed by atoms with Gasteiger partial charge in [-0.25, -0.2) is 0 Å². The fraction of sp³-hybridized carbons (Fsp3) is 0.562. The minimum Gasteiger partial charge on any atom is -0.326 e. The molecule has 1 aliphatic rings. The molecule has 0 bridgehead atoms. The molecule has 0 spiro atoms. The fourth-order valence-electron chi connectivity index (χ4n) is 2.71. The van der Waals surface area contributed by atoms with Gasteiger partial charge in [0, 0.05) is 18.3 Å². The summed E-state index contributed by atoms with van der Waals surface area (Å²) in [6.45, 7) is 8.39. The highest BCUT2D eigenvalue weighted by Crippen LogP contribution is 2.20. The van der Waals surface area contributed by atoms with Crippen LogP contribution in [-0.2, 0) is 4.79 Å². The molecule has 1 aromatic carbocycles. The molecule has 2 unspecified atom stereocenters. The van der Waals surface area contributed by atoms with Crippen molar-refractivity contribution < 1.29 is 4.79 Å².